The van der Waals surface area contributed by atoms with Crippen molar-refractivity contribution in [3.63, 3.8) is 0 Å². The Morgan fingerprint density at radius 3 is 2.75 bits per heavy atom. The van der Waals surface area contributed by atoms with E-state index < -0.39 is 0 Å². The highest BCUT2D eigenvalue weighted by Gasteiger charge is 2.38. The lowest BCUT2D eigenvalue weighted by molar-refractivity contribution is -0.141. The van der Waals surface area contributed by atoms with Crippen LogP contribution in [0.25, 0.3) is 0 Å². The van der Waals surface area contributed by atoms with E-state index >= 15 is 0 Å². The lowest BCUT2D eigenvalue weighted by atomic mass is 9.91. The second kappa shape index (κ2) is 4.34. The number of amides is 1. The maximum absolute atomic E-state index is 12.4. The van der Waals surface area contributed by atoms with Gasteiger partial charge in [0.2, 0.25) is 5.91 Å². The van der Waals surface area contributed by atoms with Crippen molar-refractivity contribution in [1.29, 1.82) is 0 Å². The van der Waals surface area contributed by atoms with Gasteiger partial charge in [-0.25, -0.2) is 0 Å². The Labute approximate surface area is 98.0 Å². The first kappa shape index (κ1) is 11.9. The molecule has 0 bridgehead atoms. The van der Waals surface area contributed by atoms with Gasteiger partial charge in [0.1, 0.15) is 0 Å². The smallest absolute Gasteiger partial charge is 0.229 e. The van der Waals surface area contributed by atoms with E-state index in [-0.39, 0.29) is 5.41 Å². The summed E-state index contributed by atoms with van der Waals surface area (Å²) in [5, 5.41) is 3.36. The lowest BCUT2D eigenvalue weighted by Crippen LogP contribution is -2.47. The standard InChI is InChI=1S/C12H23N3O/c1-12(2)9-13-5-7-15(11(12)16)10-4-6-14(3)8-10/h10,13H,4-9H2,1-3H3. The summed E-state index contributed by atoms with van der Waals surface area (Å²) in [5.41, 5.74) is -0.252. The van der Waals surface area contributed by atoms with E-state index in [9.17, 15) is 4.79 Å². The number of likely N-dealkylation sites (N-methyl/N-ethyl adjacent to an activating group) is 1. The van der Waals surface area contributed by atoms with Gasteiger partial charge in [-0.15, -0.1) is 0 Å². The van der Waals surface area contributed by atoms with Gasteiger partial charge >= 0.3 is 0 Å². The fourth-order valence-electron chi connectivity index (χ4n) is 2.68. The molecule has 4 nitrogen and oxygen atoms in total. The number of hydrogen-bond acceptors (Lipinski definition) is 3. The molecule has 2 aliphatic heterocycles. The molecule has 2 rings (SSSR count). The van der Waals surface area contributed by atoms with E-state index in [1.54, 1.807) is 0 Å². The highest BCUT2D eigenvalue weighted by Crippen LogP contribution is 2.24. The van der Waals surface area contributed by atoms with Crippen molar-refractivity contribution in [3.8, 4) is 0 Å². The van der Waals surface area contributed by atoms with Crippen LogP contribution in [-0.2, 0) is 4.79 Å². The summed E-state index contributed by atoms with van der Waals surface area (Å²) in [4.78, 5) is 16.8. The van der Waals surface area contributed by atoms with Gasteiger partial charge in [-0.05, 0) is 33.9 Å². The third-order valence-electron chi connectivity index (χ3n) is 3.74. The van der Waals surface area contributed by atoms with E-state index in [0.29, 0.717) is 11.9 Å². The second-order valence-electron chi connectivity index (χ2n) is 5.76. The molecule has 0 aliphatic carbocycles. The number of carbonyl (C=O) groups is 1. The Kier molecular flexibility index (Phi) is 3.22. The summed E-state index contributed by atoms with van der Waals surface area (Å²) in [6, 6.07) is 0.427. The van der Waals surface area contributed by atoms with Gasteiger partial charge in [0.05, 0.1) is 5.41 Å². The van der Waals surface area contributed by atoms with Crippen molar-refractivity contribution >= 4 is 5.91 Å². The Hall–Kier alpha value is -0.610. The van der Waals surface area contributed by atoms with E-state index in [0.717, 1.165) is 39.1 Å². The van der Waals surface area contributed by atoms with Crippen molar-refractivity contribution in [2.75, 3.05) is 39.8 Å². The highest BCUT2D eigenvalue weighted by atomic mass is 16.2. The van der Waals surface area contributed by atoms with Gasteiger partial charge in [-0.1, -0.05) is 0 Å². The highest BCUT2D eigenvalue weighted by molar-refractivity contribution is 5.82. The fourth-order valence-corrected chi connectivity index (χ4v) is 2.68. The molecule has 0 saturated carbocycles. The first-order chi connectivity index (χ1) is 7.50. The topological polar surface area (TPSA) is 35.6 Å². The molecule has 0 aromatic heterocycles. The van der Waals surface area contributed by atoms with Crippen LogP contribution in [0.15, 0.2) is 0 Å². The zero-order valence-corrected chi connectivity index (χ0v) is 10.6. The third-order valence-corrected chi connectivity index (χ3v) is 3.74. The minimum absolute atomic E-state index is 0.252. The molecule has 16 heavy (non-hydrogen) atoms. The normalized spacial score (nSPS) is 31.8. The molecule has 4 heteroatoms. The zero-order valence-electron chi connectivity index (χ0n) is 10.6. The molecule has 1 unspecified atom stereocenters. The van der Waals surface area contributed by atoms with Crippen LogP contribution < -0.4 is 5.32 Å². The Morgan fingerprint density at radius 2 is 2.12 bits per heavy atom. The predicted octanol–water partition coefficient (Wildman–Crippen LogP) is 0.149. The number of rotatable bonds is 1. The fraction of sp³-hybridized carbons (Fsp3) is 0.917. The van der Waals surface area contributed by atoms with Crippen LogP contribution >= 0.6 is 0 Å². The molecule has 1 atom stereocenters. The molecule has 0 aromatic rings. The number of carbonyl (C=O) groups excluding carboxylic acids is 1. The molecule has 1 amide bonds. The molecule has 1 N–H and O–H groups in total. The first-order valence-electron chi connectivity index (χ1n) is 6.21. The third kappa shape index (κ3) is 2.23. The molecule has 92 valence electrons. The van der Waals surface area contributed by atoms with Gasteiger partial charge < -0.3 is 15.1 Å². The van der Waals surface area contributed by atoms with Crippen LogP contribution in [0.5, 0.6) is 0 Å². The van der Waals surface area contributed by atoms with Gasteiger partial charge in [-0.3, -0.25) is 4.79 Å². The van der Waals surface area contributed by atoms with Crippen molar-refractivity contribution in [2.24, 2.45) is 5.41 Å². The van der Waals surface area contributed by atoms with E-state index in [4.69, 9.17) is 0 Å². The molecule has 0 aromatic carbocycles. The molecular formula is C12H23N3O. The van der Waals surface area contributed by atoms with Gasteiger partial charge in [0.15, 0.2) is 0 Å². The average molecular weight is 225 g/mol. The lowest BCUT2D eigenvalue weighted by Gasteiger charge is -2.32. The van der Waals surface area contributed by atoms with Crippen LogP contribution in [0.1, 0.15) is 20.3 Å². The van der Waals surface area contributed by atoms with Crippen LogP contribution in [0.4, 0.5) is 0 Å². The minimum atomic E-state index is -0.252. The van der Waals surface area contributed by atoms with Crippen LogP contribution in [0, 0.1) is 5.41 Å². The molecule has 2 heterocycles. The Bertz CT molecular complexity index is 277. The summed E-state index contributed by atoms with van der Waals surface area (Å²) in [6.07, 6.45) is 1.12. The zero-order chi connectivity index (χ0) is 11.8. The van der Waals surface area contributed by atoms with Crippen molar-refractivity contribution < 1.29 is 4.79 Å². The number of nitrogens with one attached hydrogen (secondary N) is 1. The molecular weight excluding hydrogens is 202 g/mol. The number of hydrogen-bond donors (Lipinski definition) is 1. The molecule has 0 radical (unpaired) electrons. The average Bonchev–Trinajstić information content (AvgIpc) is 2.58. The molecule has 2 fully saturated rings. The minimum Gasteiger partial charge on any atom is -0.337 e. The molecule has 2 saturated heterocycles. The number of nitrogens with zero attached hydrogens (tertiary/aromatic N) is 2. The van der Waals surface area contributed by atoms with Gasteiger partial charge in [0.25, 0.3) is 0 Å². The first-order valence-corrected chi connectivity index (χ1v) is 6.21. The van der Waals surface area contributed by atoms with Gasteiger partial charge in [0, 0.05) is 32.2 Å². The van der Waals surface area contributed by atoms with E-state index in [1.807, 2.05) is 13.8 Å². The van der Waals surface area contributed by atoms with Crippen LogP contribution in [-0.4, -0.2) is 61.5 Å². The maximum atomic E-state index is 12.4. The van der Waals surface area contributed by atoms with Crippen LogP contribution in [0.2, 0.25) is 0 Å². The quantitative estimate of drug-likeness (QED) is 0.690. The van der Waals surface area contributed by atoms with E-state index in [2.05, 4.69) is 22.2 Å². The molecule has 0 spiro atoms. The maximum Gasteiger partial charge on any atom is 0.229 e. The van der Waals surface area contributed by atoms with Crippen molar-refractivity contribution in [3.05, 3.63) is 0 Å². The summed E-state index contributed by atoms with van der Waals surface area (Å²) >= 11 is 0. The van der Waals surface area contributed by atoms with Crippen molar-refractivity contribution in [1.82, 2.24) is 15.1 Å². The molecule has 2 aliphatic rings. The summed E-state index contributed by atoms with van der Waals surface area (Å²) < 4.78 is 0. The van der Waals surface area contributed by atoms with Crippen LogP contribution in [0.3, 0.4) is 0 Å². The second-order valence-corrected chi connectivity index (χ2v) is 5.76. The largest absolute Gasteiger partial charge is 0.337 e. The summed E-state index contributed by atoms with van der Waals surface area (Å²) in [6.45, 7) is 8.81. The number of likely N-dealkylation sites (tertiary alicyclic amines) is 1. The monoisotopic (exact) mass is 225 g/mol. The van der Waals surface area contributed by atoms with E-state index in [1.165, 1.54) is 0 Å². The SMILES string of the molecule is CN1CCC(N2CCNCC(C)(C)C2=O)C1. The summed E-state index contributed by atoms with van der Waals surface area (Å²) in [5.74, 6) is 0.317. The predicted molar refractivity (Wildman–Crippen MR) is 64.3 cm³/mol. The van der Waals surface area contributed by atoms with Gasteiger partial charge in [-0.2, -0.15) is 0 Å². The van der Waals surface area contributed by atoms with Crippen molar-refractivity contribution in [2.45, 2.75) is 26.3 Å². The Morgan fingerprint density at radius 1 is 1.38 bits per heavy atom. The summed E-state index contributed by atoms with van der Waals surface area (Å²) in [7, 11) is 2.13. The Balaban J connectivity index is 2.10.